The lowest BCUT2D eigenvalue weighted by Gasteiger charge is -2.43. The molecule has 0 aromatic heterocycles. The molecule has 2 aromatic carbocycles. The molecule has 0 spiro atoms. The molecule has 0 aliphatic carbocycles. The van der Waals surface area contributed by atoms with Gasteiger partial charge in [-0.25, -0.2) is 0 Å². The number of rotatable bonds is 2. The summed E-state index contributed by atoms with van der Waals surface area (Å²) in [6.07, 6.45) is 0. The lowest BCUT2D eigenvalue weighted by atomic mass is 9.90. The Balaban J connectivity index is 2.32. The number of hydrogen-bond donors (Lipinski definition) is 0. The van der Waals surface area contributed by atoms with Crippen LogP contribution in [0.4, 0.5) is 0 Å². The average molecular weight is 301 g/mol. The Kier molecular flexibility index (Phi) is 3.27. The summed E-state index contributed by atoms with van der Waals surface area (Å²) >= 11 is 6.01. The van der Waals surface area contributed by atoms with Gasteiger partial charge in [-0.05, 0) is 37.9 Å². The Bertz CT molecular complexity index is 696. The van der Waals surface area contributed by atoms with Crippen LogP contribution in [0.5, 0.6) is 0 Å². The molecule has 2 aromatic rings. The van der Waals surface area contributed by atoms with E-state index in [0.717, 1.165) is 16.7 Å². The molecular weight excluding hydrogens is 284 g/mol. The molecule has 0 radical (unpaired) electrons. The first-order valence-corrected chi connectivity index (χ1v) is 7.18. The normalized spacial score (nSPS) is 21.0. The van der Waals surface area contributed by atoms with E-state index in [4.69, 9.17) is 11.6 Å². The molecule has 1 aliphatic rings. The van der Waals surface area contributed by atoms with Gasteiger partial charge < -0.3 is 4.90 Å². The van der Waals surface area contributed by atoms with Gasteiger partial charge in [-0.15, -0.1) is 0 Å². The van der Waals surface area contributed by atoms with Crippen molar-refractivity contribution in [1.82, 2.24) is 9.80 Å². The highest BCUT2D eigenvalue weighted by molar-refractivity contribution is 6.30. The second-order valence-corrected chi connectivity index (χ2v) is 5.92. The van der Waals surface area contributed by atoms with Crippen LogP contribution in [-0.4, -0.2) is 36.9 Å². The number of benzene rings is 2. The third-order valence-electron chi connectivity index (χ3n) is 4.22. The van der Waals surface area contributed by atoms with E-state index in [-0.39, 0.29) is 5.91 Å². The molecule has 0 saturated carbocycles. The molecular formula is C17H17ClN2O. The van der Waals surface area contributed by atoms with E-state index in [0.29, 0.717) is 5.02 Å². The van der Waals surface area contributed by atoms with Crippen LogP contribution in [0.25, 0.3) is 0 Å². The Hall–Kier alpha value is -1.84. The standard InChI is InChI=1S/C17H17ClN2O/c1-19(2)17(12-8-10-13(18)11-9-12)15-7-5-4-6-14(15)16(21)20(17)3/h4-11H,1-3H3. The van der Waals surface area contributed by atoms with Gasteiger partial charge in [0.2, 0.25) is 0 Å². The zero-order valence-electron chi connectivity index (χ0n) is 12.3. The Labute approximate surface area is 129 Å². The maximum Gasteiger partial charge on any atom is 0.256 e. The summed E-state index contributed by atoms with van der Waals surface area (Å²) in [4.78, 5) is 16.5. The molecule has 108 valence electrons. The summed E-state index contributed by atoms with van der Waals surface area (Å²) in [6.45, 7) is 0. The first kappa shape index (κ1) is 14.1. The maximum absolute atomic E-state index is 12.6. The molecule has 0 fully saturated rings. The minimum Gasteiger partial charge on any atom is -0.315 e. The Morgan fingerprint density at radius 1 is 1.05 bits per heavy atom. The van der Waals surface area contributed by atoms with Crippen molar-refractivity contribution in [2.24, 2.45) is 0 Å². The molecule has 3 rings (SSSR count). The van der Waals surface area contributed by atoms with Gasteiger partial charge in [0.15, 0.2) is 0 Å². The molecule has 21 heavy (non-hydrogen) atoms. The highest BCUT2D eigenvalue weighted by Gasteiger charge is 2.50. The van der Waals surface area contributed by atoms with Crippen LogP contribution in [0.1, 0.15) is 21.5 Å². The average Bonchev–Trinajstić information content (AvgIpc) is 2.70. The van der Waals surface area contributed by atoms with Gasteiger partial charge in [0, 0.05) is 23.2 Å². The van der Waals surface area contributed by atoms with Crippen molar-refractivity contribution < 1.29 is 4.79 Å². The van der Waals surface area contributed by atoms with Crippen molar-refractivity contribution in [3.8, 4) is 0 Å². The van der Waals surface area contributed by atoms with E-state index >= 15 is 0 Å². The second-order valence-electron chi connectivity index (χ2n) is 5.48. The number of halogens is 1. The predicted molar refractivity (Wildman–Crippen MR) is 84.5 cm³/mol. The zero-order chi connectivity index (χ0) is 15.2. The highest BCUT2D eigenvalue weighted by Crippen LogP contribution is 2.44. The summed E-state index contributed by atoms with van der Waals surface area (Å²) in [5.41, 5.74) is 2.18. The van der Waals surface area contributed by atoms with E-state index in [2.05, 4.69) is 4.90 Å². The SMILES string of the molecule is CN(C)C1(c2ccc(Cl)cc2)c2ccccc2C(=O)N1C. The fourth-order valence-electron chi connectivity index (χ4n) is 3.31. The highest BCUT2D eigenvalue weighted by atomic mass is 35.5. The minimum absolute atomic E-state index is 0.0363. The van der Waals surface area contributed by atoms with Crippen molar-refractivity contribution in [1.29, 1.82) is 0 Å². The van der Waals surface area contributed by atoms with Crippen molar-refractivity contribution in [3.05, 3.63) is 70.2 Å². The summed E-state index contributed by atoms with van der Waals surface area (Å²) in [6, 6.07) is 15.5. The smallest absolute Gasteiger partial charge is 0.256 e. The monoisotopic (exact) mass is 300 g/mol. The van der Waals surface area contributed by atoms with Crippen LogP contribution in [0, 0.1) is 0 Å². The third-order valence-corrected chi connectivity index (χ3v) is 4.47. The Morgan fingerprint density at radius 3 is 2.29 bits per heavy atom. The van der Waals surface area contributed by atoms with E-state index in [9.17, 15) is 4.79 Å². The number of fused-ring (bicyclic) bond motifs is 1. The third kappa shape index (κ3) is 1.81. The van der Waals surface area contributed by atoms with Gasteiger partial charge in [0.25, 0.3) is 5.91 Å². The van der Waals surface area contributed by atoms with Crippen molar-refractivity contribution in [2.75, 3.05) is 21.1 Å². The number of carbonyl (C=O) groups is 1. The summed E-state index contributed by atoms with van der Waals surface area (Å²) < 4.78 is 0. The fraction of sp³-hybridized carbons (Fsp3) is 0.235. The molecule has 1 atom stereocenters. The van der Waals surface area contributed by atoms with Crippen LogP contribution in [0.2, 0.25) is 5.02 Å². The van der Waals surface area contributed by atoms with E-state index in [1.165, 1.54) is 0 Å². The second kappa shape index (κ2) is 4.86. The molecule has 3 nitrogen and oxygen atoms in total. The van der Waals surface area contributed by atoms with Crippen LogP contribution in [0.3, 0.4) is 0 Å². The number of amides is 1. The van der Waals surface area contributed by atoms with Gasteiger partial charge in [-0.2, -0.15) is 0 Å². The van der Waals surface area contributed by atoms with Gasteiger partial charge in [-0.1, -0.05) is 41.9 Å². The molecule has 0 bridgehead atoms. The fourth-order valence-corrected chi connectivity index (χ4v) is 3.44. The molecule has 1 unspecified atom stereocenters. The zero-order valence-corrected chi connectivity index (χ0v) is 13.1. The summed E-state index contributed by atoms with van der Waals surface area (Å²) in [7, 11) is 5.82. The van der Waals surface area contributed by atoms with Gasteiger partial charge in [0.1, 0.15) is 5.66 Å². The van der Waals surface area contributed by atoms with E-state index in [1.54, 1.807) is 4.90 Å². The topological polar surface area (TPSA) is 23.6 Å². The Morgan fingerprint density at radius 2 is 1.67 bits per heavy atom. The number of carbonyl (C=O) groups excluding carboxylic acids is 1. The van der Waals surface area contributed by atoms with Crippen LogP contribution in [-0.2, 0) is 5.66 Å². The molecule has 4 heteroatoms. The molecule has 0 saturated heterocycles. The molecule has 1 amide bonds. The van der Waals surface area contributed by atoms with Gasteiger partial charge in [0.05, 0.1) is 0 Å². The van der Waals surface area contributed by atoms with Crippen molar-refractivity contribution in [2.45, 2.75) is 5.66 Å². The quantitative estimate of drug-likeness (QED) is 0.850. The van der Waals surface area contributed by atoms with Crippen LogP contribution in [0.15, 0.2) is 48.5 Å². The minimum atomic E-state index is -0.599. The van der Waals surface area contributed by atoms with Crippen molar-refractivity contribution in [3.63, 3.8) is 0 Å². The van der Waals surface area contributed by atoms with Gasteiger partial charge in [-0.3, -0.25) is 9.69 Å². The van der Waals surface area contributed by atoms with Crippen LogP contribution < -0.4 is 0 Å². The van der Waals surface area contributed by atoms with E-state index < -0.39 is 5.66 Å². The first-order valence-electron chi connectivity index (χ1n) is 6.80. The molecule has 1 heterocycles. The van der Waals surface area contributed by atoms with Gasteiger partial charge >= 0.3 is 0 Å². The largest absolute Gasteiger partial charge is 0.315 e. The predicted octanol–water partition coefficient (Wildman–Crippen LogP) is 3.19. The first-order chi connectivity index (χ1) is 9.99. The van der Waals surface area contributed by atoms with Crippen molar-refractivity contribution >= 4 is 17.5 Å². The summed E-state index contributed by atoms with van der Waals surface area (Å²) in [5, 5.41) is 0.688. The number of nitrogens with zero attached hydrogens (tertiary/aromatic N) is 2. The lowest BCUT2D eigenvalue weighted by Crippen LogP contribution is -2.52. The van der Waals surface area contributed by atoms with E-state index in [1.807, 2.05) is 69.7 Å². The maximum atomic E-state index is 12.6. The molecule has 0 N–H and O–H groups in total. The lowest BCUT2D eigenvalue weighted by molar-refractivity contribution is 0.0291. The molecule has 1 aliphatic heterocycles. The summed E-state index contributed by atoms with van der Waals surface area (Å²) in [5.74, 6) is 0.0363. The number of hydrogen-bond acceptors (Lipinski definition) is 2. The van der Waals surface area contributed by atoms with Crippen LogP contribution >= 0.6 is 11.6 Å².